The minimum atomic E-state index is 0.328. The normalized spacial score (nSPS) is 13.1. The van der Waals surface area contributed by atoms with Crippen molar-refractivity contribution in [1.29, 1.82) is 0 Å². The number of nitrogens with zero attached hydrogens (tertiary/aromatic N) is 2. The predicted octanol–water partition coefficient (Wildman–Crippen LogP) is 23.0. The number of rotatable bonds is 60. The van der Waals surface area contributed by atoms with E-state index in [2.05, 4.69) is 89.1 Å². The Morgan fingerprint density at radius 2 is 0.720 bits per heavy atom. The highest BCUT2D eigenvalue weighted by Crippen LogP contribution is 2.26. The number of carbonyl (C=O) groups is 2. The summed E-state index contributed by atoms with van der Waals surface area (Å²) < 4.78 is 0. The first kappa shape index (κ1) is 73.1. The van der Waals surface area contributed by atoms with Crippen molar-refractivity contribution in [2.24, 2.45) is 11.8 Å². The van der Waals surface area contributed by atoms with Gasteiger partial charge in [0.2, 0.25) is 5.91 Å². The lowest BCUT2D eigenvalue weighted by molar-refractivity contribution is -0.134. The molecule has 0 fully saturated rings. The molecule has 4 heteroatoms. The van der Waals surface area contributed by atoms with Crippen molar-refractivity contribution < 1.29 is 9.59 Å². The molecule has 0 aliphatic heterocycles. The van der Waals surface area contributed by atoms with Gasteiger partial charge in [-0.05, 0) is 102 Å². The molecule has 0 aliphatic rings. The van der Waals surface area contributed by atoms with Crippen molar-refractivity contribution in [2.45, 2.75) is 362 Å². The van der Waals surface area contributed by atoms with Gasteiger partial charge in [-0.25, -0.2) is 0 Å². The molecule has 0 aromatic rings. The summed E-state index contributed by atoms with van der Waals surface area (Å²) in [5.74, 6) is 2.32. The molecule has 1 amide bonds. The van der Waals surface area contributed by atoms with Gasteiger partial charge in [-0.2, -0.15) is 0 Å². The monoisotopic (exact) mass is 1050 g/mol. The van der Waals surface area contributed by atoms with Gasteiger partial charge in [0.15, 0.2) is 5.78 Å². The van der Waals surface area contributed by atoms with Crippen LogP contribution in [0.1, 0.15) is 356 Å². The van der Waals surface area contributed by atoms with Crippen LogP contribution in [0, 0.1) is 11.8 Å². The topological polar surface area (TPSA) is 40.6 Å². The van der Waals surface area contributed by atoms with Crippen molar-refractivity contribution in [3.05, 3.63) is 42.2 Å². The summed E-state index contributed by atoms with van der Waals surface area (Å²) in [6.07, 6.45) is 71.9. The van der Waals surface area contributed by atoms with Crippen molar-refractivity contribution in [3.63, 3.8) is 0 Å². The van der Waals surface area contributed by atoms with Gasteiger partial charge in [0, 0.05) is 25.4 Å². The third kappa shape index (κ3) is 50.1. The van der Waals surface area contributed by atoms with Crippen LogP contribution >= 0.6 is 0 Å². The maximum absolute atomic E-state index is 14.1. The predicted molar refractivity (Wildman–Crippen MR) is 336 cm³/mol. The van der Waals surface area contributed by atoms with E-state index in [-0.39, 0.29) is 0 Å². The molecule has 0 saturated carbocycles. The highest BCUT2D eigenvalue weighted by molar-refractivity contribution is 5.89. The number of hydrogen-bond donors (Lipinski definition) is 0. The van der Waals surface area contributed by atoms with Crippen LogP contribution in [0.3, 0.4) is 0 Å². The van der Waals surface area contributed by atoms with Gasteiger partial charge in [0.1, 0.15) is 0 Å². The molecule has 0 N–H and O–H groups in total. The van der Waals surface area contributed by atoms with Crippen molar-refractivity contribution in [1.82, 2.24) is 9.80 Å². The smallest absolute Gasteiger partial charge is 0.222 e. The number of carbonyl (C=O) groups excluding carboxylic acids is 2. The molecular weight excluding hydrogens is 913 g/mol. The van der Waals surface area contributed by atoms with E-state index in [4.69, 9.17) is 0 Å². The van der Waals surface area contributed by atoms with Gasteiger partial charge in [-0.3, -0.25) is 9.59 Å². The molecule has 0 aliphatic carbocycles. The molecule has 4 nitrogen and oxygen atoms in total. The van der Waals surface area contributed by atoms with Crippen LogP contribution in [-0.2, 0) is 9.59 Å². The zero-order valence-electron chi connectivity index (χ0n) is 52.2. The second kappa shape index (κ2) is 58.3. The van der Waals surface area contributed by atoms with Crippen LogP contribution in [0.5, 0.6) is 0 Å². The molecule has 0 aromatic carbocycles. The van der Waals surface area contributed by atoms with Crippen LogP contribution in [0.15, 0.2) is 42.2 Å². The fourth-order valence-electron chi connectivity index (χ4n) is 11.5. The SMILES string of the molecule is C=C=C(C=CCC(CCCCCC)CCCCCCCC)CCCCCCCCC(CCCCCCCCC(=O)C=CCC(CCCCCC)CCCCCCCC)N(CCCN(C)C)C(=O)CCCCCCCC. The average Bonchev–Trinajstić information content (AvgIpc) is 3.40. The van der Waals surface area contributed by atoms with Crippen molar-refractivity contribution in [3.8, 4) is 0 Å². The van der Waals surface area contributed by atoms with E-state index in [0.29, 0.717) is 30.6 Å². The zero-order valence-corrected chi connectivity index (χ0v) is 52.2. The summed E-state index contributed by atoms with van der Waals surface area (Å²) in [5.41, 5.74) is 4.58. The quantitative estimate of drug-likeness (QED) is 0.0264. The maximum Gasteiger partial charge on any atom is 0.222 e. The fraction of sp³-hybridized carbons (Fsp3) is 0.873. The van der Waals surface area contributed by atoms with Crippen LogP contribution in [0.2, 0.25) is 0 Å². The van der Waals surface area contributed by atoms with E-state index in [1.165, 1.54) is 262 Å². The Morgan fingerprint density at radius 3 is 1.12 bits per heavy atom. The number of allylic oxidation sites excluding steroid dienone is 5. The minimum absolute atomic E-state index is 0.328. The van der Waals surface area contributed by atoms with Crippen LogP contribution in [-0.4, -0.2) is 54.7 Å². The van der Waals surface area contributed by atoms with Gasteiger partial charge in [0.05, 0.1) is 0 Å². The summed E-state index contributed by atoms with van der Waals surface area (Å²) in [6.45, 7) is 17.5. The number of ketones is 1. The van der Waals surface area contributed by atoms with Crippen LogP contribution in [0.25, 0.3) is 0 Å². The summed E-state index contributed by atoms with van der Waals surface area (Å²) in [6, 6.07) is 0.361. The van der Waals surface area contributed by atoms with Gasteiger partial charge >= 0.3 is 0 Å². The van der Waals surface area contributed by atoms with Gasteiger partial charge < -0.3 is 9.80 Å². The summed E-state index contributed by atoms with van der Waals surface area (Å²) in [5, 5.41) is 0. The lowest BCUT2D eigenvalue weighted by Gasteiger charge is -2.33. The lowest BCUT2D eigenvalue weighted by atomic mass is 9.91. The van der Waals surface area contributed by atoms with E-state index in [9.17, 15) is 9.59 Å². The second-order valence-corrected chi connectivity index (χ2v) is 24.2. The van der Waals surface area contributed by atoms with E-state index in [1.807, 2.05) is 6.08 Å². The fourth-order valence-corrected chi connectivity index (χ4v) is 11.5. The third-order valence-electron chi connectivity index (χ3n) is 16.6. The molecule has 75 heavy (non-hydrogen) atoms. The Balaban J connectivity index is 5.14. The molecule has 3 unspecified atom stereocenters. The second-order valence-electron chi connectivity index (χ2n) is 24.2. The van der Waals surface area contributed by atoms with Crippen molar-refractivity contribution in [2.75, 3.05) is 27.2 Å². The first-order valence-corrected chi connectivity index (χ1v) is 33.9. The van der Waals surface area contributed by atoms with Crippen LogP contribution in [0.4, 0.5) is 0 Å². The Kier molecular flexibility index (Phi) is 56.8. The highest BCUT2D eigenvalue weighted by atomic mass is 16.2. The summed E-state index contributed by atoms with van der Waals surface area (Å²) in [4.78, 5) is 31.5. The first-order chi connectivity index (χ1) is 36.8. The minimum Gasteiger partial charge on any atom is -0.340 e. The number of amides is 1. The Labute approximate surface area is 471 Å². The largest absolute Gasteiger partial charge is 0.340 e. The van der Waals surface area contributed by atoms with E-state index >= 15 is 0 Å². The van der Waals surface area contributed by atoms with E-state index < -0.39 is 0 Å². The Hall–Kier alpha value is -1.90. The molecule has 0 saturated heterocycles. The zero-order chi connectivity index (χ0) is 54.9. The first-order valence-electron chi connectivity index (χ1n) is 33.9. The van der Waals surface area contributed by atoms with Gasteiger partial charge in [-0.15, -0.1) is 5.73 Å². The molecule has 0 radical (unpaired) electrons. The standard InChI is InChI=1S/C71H134N2O2/c1-9-15-20-25-32-42-54-67(52-39-23-18-12-4)57-48-56-66(14-6)51-41-34-28-29-35-44-59-69(73(65-50-64-72(7)8)71(75)63-47-38-27-22-17-11-3)60-45-36-30-31-37-46-61-70(74)62-49-58-68(53-40-24-19-13-5)55-43-33-26-21-16-10-2/h48-49,56,62,67-69H,6,9-13,15-47,50-55,57-61,63-65H2,1-5,7-8H3. The third-order valence-corrected chi connectivity index (χ3v) is 16.6. The molecule has 0 bridgehead atoms. The Bertz CT molecular complexity index is 1330. The maximum atomic E-state index is 14.1. The summed E-state index contributed by atoms with van der Waals surface area (Å²) in [7, 11) is 4.32. The summed E-state index contributed by atoms with van der Waals surface area (Å²) >= 11 is 0. The molecular formula is C71H134N2O2. The molecule has 0 aromatic heterocycles. The molecule has 0 rings (SSSR count). The average molecular weight is 1050 g/mol. The number of hydrogen-bond acceptors (Lipinski definition) is 3. The van der Waals surface area contributed by atoms with Crippen LogP contribution < -0.4 is 0 Å². The van der Waals surface area contributed by atoms with Crippen molar-refractivity contribution >= 4 is 11.7 Å². The van der Waals surface area contributed by atoms with E-state index in [0.717, 1.165) is 76.3 Å². The molecule has 440 valence electrons. The molecule has 0 heterocycles. The molecule has 0 spiro atoms. The van der Waals surface area contributed by atoms with Gasteiger partial charge in [0.25, 0.3) is 0 Å². The Morgan fingerprint density at radius 1 is 0.387 bits per heavy atom. The van der Waals surface area contributed by atoms with E-state index in [1.54, 1.807) is 0 Å². The number of unbranched alkanes of at least 4 members (excludes halogenated alkanes) is 31. The lowest BCUT2D eigenvalue weighted by Crippen LogP contribution is -2.41. The highest BCUT2D eigenvalue weighted by Gasteiger charge is 2.23. The molecule has 3 atom stereocenters. The van der Waals surface area contributed by atoms with Gasteiger partial charge in [-0.1, -0.05) is 310 Å².